The molecule has 0 unspecified atom stereocenters. The van der Waals surface area contributed by atoms with Gasteiger partial charge in [0.25, 0.3) is 11.8 Å². The third kappa shape index (κ3) is 5.15. The first kappa shape index (κ1) is 18.6. The van der Waals surface area contributed by atoms with Gasteiger partial charge in [-0.15, -0.1) is 10.2 Å². The summed E-state index contributed by atoms with van der Waals surface area (Å²) in [5.41, 5.74) is 1.48. The second kappa shape index (κ2) is 9.49. The Morgan fingerprint density at radius 2 is 1.78 bits per heavy atom. The van der Waals surface area contributed by atoms with Gasteiger partial charge in [0.05, 0.1) is 5.56 Å². The lowest BCUT2D eigenvalue weighted by atomic mass is 10.2. The summed E-state index contributed by atoms with van der Waals surface area (Å²) in [5.74, 6) is 1.07. The molecule has 7 heteroatoms. The molecule has 0 aliphatic carbocycles. The van der Waals surface area contributed by atoms with Crippen LogP contribution in [0.1, 0.15) is 6.42 Å². The first-order chi connectivity index (χ1) is 13.3. The van der Waals surface area contributed by atoms with Crippen LogP contribution in [0.3, 0.4) is 0 Å². The molecule has 1 N–H and O–H groups in total. The first-order valence-corrected chi connectivity index (χ1v) is 8.64. The highest BCUT2D eigenvalue weighted by Gasteiger charge is 2.15. The average molecular weight is 367 g/mol. The number of benzene rings is 2. The minimum Gasteiger partial charge on any atom is -0.483 e. The summed E-state index contributed by atoms with van der Waals surface area (Å²) >= 11 is 0. The molecule has 1 heterocycles. The van der Waals surface area contributed by atoms with Gasteiger partial charge in [0.2, 0.25) is 5.89 Å². The van der Waals surface area contributed by atoms with Crippen molar-refractivity contribution in [3.05, 3.63) is 54.6 Å². The number of rotatable bonds is 9. The molecule has 3 rings (SSSR count). The number of aromatic nitrogens is 2. The molecule has 0 radical (unpaired) electrons. The van der Waals surface area contributed by atoms with Crippen molar-refractivity contribution in [2.45, 2.75) is 6.42 Å². The number of methoxy groups -OCH3 is 1. The number of nitrogens with one attached hydrogen (secondary N) is 1. The summed E-state index contributed by atoms with van der Waals surface area (Å²) in [6.07, 6.45) is 0.753. The van der Waals surface area contributed by atoms with Crippen LogP contribution in [0.2, 0.25) is 0 Å². The fraction of sp³-hybridized carbons (Fsp3) is 0.250. The molecule has 0 aliphatic rings. The number of carbonyl (C=O) groups is 1. The average Bonchev–Trinajstić information content (AvgIpc) is 3.21. The summed E-state index contributed by atoms with van der Waals surface area (Å²) in [4.78, 5) is 11.9. The Balaban J connectivity index is 1.66. The Morgan fingerprint density at radius 1 is 1.04 bits per heavy atom. The van der Waals surface area contributed by atoms with Gasteiger partial charge in [0, 0.05) is 25.8 Å². The zero-order chi connectivity index (χ0) is 18.9. The monoisotopic (exact) mass is 367 g/mol. The van der Waals surface area contributed by atoms with Gasteiger partial charge < -0.3 is 19.2 Å². The van der Waals surface area contributed by atoms with E-state index in [1.54, 1.807) is 13.2 Å². The highest BCUT2D eigenvalue weighted by molar-refractivity contribution is 5.77. The van der Waals surface area contributed by atoms with E-state index in [0.717, 1.165) is 12.0 Å². The molecule has 1 amide bonds. The standard InChI is InChI=1S/C20H21N3O4/c1-25-13-7-12-21-18(24)14-26-17-11-6-5-10-16(17)20-23-22-19(27-20)15-8-3-2-4-9-15/h2-6,8-11H,7,12-14H2,1H3,(H,21,24). The Hall–Kier alpha value is -3.19. The maximum atomic E-state index is 11.9. The van der Waals surface area contributed by atoms with Crippen molar-refractivity contribution in [2.24, 2.45) is 0 Å². The van der Waals surface area contributed by atoms with E-state index in [-0.39, 0.29) is 12.5 Å². The lowest BCUT2D eigenvalue weighted by molar-refractivity contribution is -0.123. The van der Waals surface area contributed by atoms with E-state index in [1.165, 1.54) is 0 Å². The highest BCUT2D eigenvalue weighted by Crippen LogP contribution is 2.30. The molecule has 0 saturated carbocycles. The molecule has 1 aromatic heterocycles. The quantitative estimate of drug-likeness (QED) is 0.585. The molecule has 7 nitrogen and oxygen atoms in total. The van der Waals surface area contributed by atoms with E-state index >= 15 is 0 Å². The summed E-state index contributed by atoms with van der Waals surface area (Å²) in [6.45, 7) is 1.05. The van der Waals surface area contributed by atoms with E-state index in [0.29, 0.717) is 36.2 Å². The number of hydrogen-bond acceptors (Lipinski definition) is 6. The first-order valence-electron chi connectivity index (χ1n) is 8.64. The molecule has 2 aromatic carbocycles. The third-order valence-corrected chi connectivity index (χ3v) is 3.77. The number of ether oxygens (including phenoxy) is 2. The highest BCUT2D eigenvalue weighted by atomic mass is 16.5. The minimum atomic E-state index is -0.198. The maximum absolute atomic E-state index is 11.9. The SMILES string of the molecule is COCCCNC(=O)COc1ccccc1-c1nnc(-c2ccccc2)o1. The molecule has 0 aliphatic heterocycles. The van der Waals surface area contributed by atoms with Gasteiger partial charge in [-0.2, -0.15) is 0 Å². The van der Waals surface area contributed by atoms with Gasteiger partial charge in [-0.1, -0.05) is 30.3 Å². The van der Waals surface area contributed by atoms with Gasteiger partial charge in [0.15, 0.2) is 6.61 Å². The Kier molecular flexibility index (Phi) is 6.54. The normalized spacial score (nSPS) is 10.6. The summed E-state index contributed by atoms with van der Waals surface area (Å²) < 4.78 is 16.4. The smallest absolute Gasteiger partial charge is 0.257 e. The van der Waals surface area contributed by atoms with Gasteiger partial charge in [0.1, 0.15) is 5.75 Å². The fourth-order valence-corrected chi connectivity index (χ4v) is 2.44. The largest absolute Gasteiger partial charge is 0.483 e. The van der Waals surface area contributed by atoms with E-state index in [1.807, 2.05) is 48.5 Å². The van der Waals surface area contributed by atoms with Crippen molar-refractivity contribution < 1.29 is 18.7 Å². The van der Waals surface area contributed by atoms with Crippen LogP contribution in [0.4, 0.5) is 0 Å². The van der Waals surface area contributed by atoms with E-state index < -0.39 is 0 Å². The minimum absolute atomic E-state index is 0.0936. The molecule has 0 saturated heterocycles. The lowest BCUT2D eigenvalue weighted by Gasteiger charge is -2.09. The van der Waals surface area contributed by atoms with Crippen LogP contribution in [-0.4, -0.2) is 43.0 Å². The second-order valence-electron chi connectivity index (χ2n) is 5.76. The number of carbonyl (C=O) groups excluding carboxylic acids is 1. The van der Waals surface area contributed by atoms with Crippen LogP contribution in [0.15, 0.2) is 59.0 Å². The van der Waals surface area contributed by atoms with Crippen molar-refractivity contribution in [1.82, 2.24) is 15.5 Å². The molecule has 140 valence electrons. The topological polar surface area (TPSA) is 86.5 Å². The van der Waals surface area contributed by atoms with Gasteiger partial charge in [-0.05, 0) is 30.7 Å². The van der Waals surface area contributed by atoms with Gasteiger partial charge >= 0.3 is 0 Å². The van der Waals surface area contributed by atoms with Crippen LogP contribution < -0.4 is 10.1 Å². The predicted molar refractivity (Wildman–Crippen MR) is 100 cm³/mol. The molecular weight excluding hydrogens is 346 g/mol. The van der Waals surface area contributed by atoms with Crippen LogP contribution in [-0.2, 0) is 9.53 Å². The Morgan fingerprint density at radius 3 is 2.59 bits per heavy atom. The van der Waals surface area contributed by atoms with Crippen LogP contribution in [0.5, 0.6) is 5.75 Å². The van der Waals surface area contributed by atoms with Crippen molar-refractivity contribution >= 4 is 5.91 Å². The van der Waals surface area contributed by atoms with Gasteiger partial charge in [-0.3, -0.25) is 4.79 Å². The van der Waals surface area contributed by atoms with Crippen LogP contribution in [0, 0.1) is 0 Å². The van der Waals surface area contributed by atoms with E-state index in [9.17, 15) is 4.79 Å². The number of hydrogen-bond donors (Lipinski definition) is 1. The predicted octanol–water partition coefficient (Wildman–Crippen LogP) is 2.94. The van der Waals surface area contributed by atoms with Crippen molar-refractivity contribution in [3.8, 4) is 28.7 Å². The lowest BCUT2D eigenvalue weighted by Crippen LogP contribution is -2.30. The number of para-hydroxylation sites is 1. The molecule has 0 atom stereocenters. The molecule has 0 spiro atoms. The second-order valence-corrected chi connectivity index (χ2v) is 5.76. The third-order valence-electron chi connectivity index (χ3n) is 3.77. The van der Waals surface area contributed by atoms with E-state index in [4.69, 9.17) is 13.9 Å². The van der Waals surface area contributed by atoms with Crippen LogP contribution in [0.25, 0.3) is 22.9 Å². The molecule has 0 fully saturated rings. The number of amides is 1. The molecule has 27 heavy (non-hydrogen) atoms. The summed E-state index contributed by atoms with van der Waals surface area (Å²) in [5, 5.41) is 11.0. The zero-order valence-corrected chi connectivity index (χ0v) is 15.1. The fourth-order valence-electron chi connectivity index (χ4n) is 2.44. The van der Waals surface area contributed by atoms with E-state index in [2.05, 4.69) is 15.5 Å². The Labute approximate surface area is 157 Å². The molecular formula is C20H21N3O4. The van der Waals surface area contributed by atoms with Crippen molar-refractivity contribution in [3.63, 3.8) is 0 Å². The van der Waals surface area contributed by atoms with Crippen molar-refractivity contribution in [2.75, 3.05) is 26.9 Å². The number of nitrogens with zero attached hydrogens (tertiary/aromatic N) is 2. The zero-order valence-electron chi connectivity index (χ0n) is 15.1. The van der Waals surface area contributed by atoms with Crippen LogP contribution >= 0.6 is 0 Å². The summed E-state index contributed by atoms with van der Waals surface area (Å²) in [7, 11) is 1.63. The van der Waals surface area contributed by atoms with Crippen molar-refractivity contribution in [1.29, 1.82) is 0 Å². The van der Waals surface area contributed by atoms with Gasteiger partial charge in [-0.25, -0.2) is 0 Å². The summed E-state index contributed by atoms with van der Waals surface area (Å²) in [6, 6.07) is 16.8. The molecule has 0 bridgehead atoms. The Bertz CT molecular complexity index is 864. The maximum Gasteiger partial charge on any atom is 0.257 e. The molecule has 3 aromatic rings.